The standard InChI is InChI=1S/C19H28N2O/c1-18(2,3)19(15-20-4)9-11-21(12-10-19)14-16-7-6-8-17(13-16)22-5/h6-8,13H,9-12,14-15H2,1-3,5H3. The summed E-state index contributed by atoms with van der Waals surface area (Å²) < 4.78 is 5.30. The lowest BCUT2D eigenvalue weighted by atomic mass is 9.61. The minimum atomic E-state index is 0.166. The van der Waals surface area contributed by atoms with Gasteiger partial charge in [-0.3, -0.25) is 4.90 Å². The number of hydrogen-bond donors (Lipinski definition) is 0. The zero-order chi connectivity index (χ0) is 16.2. The van der Waals surface area contributed by atoms with Crippen LogP contribution in [0.25, 0.3) is 4.85 Å². The van der Waals surface area contributed by atoms with Gasteiger partial charge in [-0.15, -0.1) is 0 Å². The van der Waals surface area contributed by atoms with Crippen molar-refractivity contribution in [3.63, 3.8) is 0 Å². The first-order valence-electron chi connectivity index (χ1n) is 8.09. The maximum absolute atomic E-state index is 7.32. The lowest BCUT2D eigenvalue weighted by molar-refractivity contribution is 0.0173. The molecule has 0 N–H and O–H groups in total. The number of methoxy groups -OCH3 is 1. The van der Waals surface area contributed by atoms with Gasteiger partial charge in [0.25, 0.3) is 0 Å². The van der Waals surface area contributed by atoms with E-state index in [-0.39, 0.29) is 10.8 Å². The molecule has 1 aliphatic heterocycles. The molecule has 22 heavy (non-hydrogen) atoms. The van der Waals surface area contributed by atoms with Crippen LogP contribution < -0.4 is 4.74 Å². The Morgan fingerprint density at radius 3 is 2.50 bits per heavy atom. The summed E-state index contributed by atoms with van der Waals surface area (Å²) in [7, 11) is 1.71. The Labute approximate surface area is 135 Å². The third kappa shape index (κ3) is 3.62. The summed E-state index contributed by atoms with van der Waals surface area (Å²) in [5, 5.41) is 0. The Morgan fingerprint density at radius 2 is 1.95 bits per heavy atom. The van der Waals surface area contributed by atoms with Gasteiger partial charge in [0.15, 0.2) is 0 Å². The molecule has 0 amide bonds. The van der Waals surface area contributed by atoms with Crippen molar-refractivity contribution in [2.75, 3.05) is 26.7 Å². The van der Waals surface area contributed by atoms with Gasteiger partial charge in [0, 0.05) is 12.0 Å². The average molecular weight is 300 g/mol. The quantitative estimate of drug-likeness (QED) is 0.773. The Hall–Kier alpha value is -1.53. The second-order valence-corrected chi connectivity index (χ2v) is 7.47. The number of benzene rings is 1. The molecule has 1 heterocycles. The van der Waals surface area contributed by atoms with Crippen molar-refractivity contribution >= 4 is 0 Å². The molecule has 3 nitrogen and oxygen atoms in total. The number of nitrogens with zero attached hydrogens (tertiary/aromatic N) is 2. The van der Waals surface area contributed by atoms with Crippen molar-refractivity contribution < 1.29 is 4.74 Å². The molecule has 1 aliphatic rings. The van der Waals surface area contributed by atoms with E-state index >= 15 is 0 Å². The van der Waals surface area contributed by atoms with Crippen LogP contribution in [0.2, 0.25) is 0 Å². The van der Waals surface area contributed by atoms with E-state index < -0.39 is 0 Å². The largest absolute Gasteiger partial charge is 0.497 e. The van der Waals surface area contributed by atoms with E-state index in [1.54, 1.807) is 7.11 Å². The van der Waals surface area contributed by atoms with Gasteiger partial charge in [0.05, 0.1) is 7.11 Å². The first-order valence-corrected chi connectivity index (χ1v) is 8.09. The summed E-state index contributed by atoms with van der Waals surface area (Å²) in [4.78, 5) is 6.25. The monoisotopic (exact) mass is 300 g/mol. The molecule has 0 bridgehead atoms. The van der Waals surface area contributed by atoms with Crippen molar-refractivity contribution in [3.8, 4) is 5.75 Å². The van der Waals surface area contributed by atoms with Crippen molar-refractivity contribution in [3.05, 3.63) is 41.2 Å². The minimum absolute atomic E-state index is 0.166. The van der Waals surface area contributed by atoms with Crippen molar-refractivity contribution in [2.24, 2.45) is 10.8 Å². The third-order valence-corrected chi connectivity index (χ3v) is 5.33. The Kier molecular flexibility index (Phi) is 5.13. The van der Waals surface area contributed by atoms with Crippen LogP contribution in [0, 0.1) is 17.4 Å². The SMILES string of the molecule is [C-]#[N+]CC1(C(C)(C)C)CCN(Cc2cccc(OC)c2)CC1. The predicted molar refractivity (Wildman–Crippen MR) is 90.9 cm³/mol. The van der Waals surface area contributed by atoms with Crippen LogP contribution in [-0.4, -0.2) is 31.6 Å². The molecule has 1 aromatic carbocycles. The zero-order valence-corrected chi connectivity index (χ0v) is 14.4. The number of hydrogen-bond acceptors (Lipinski definition) is 2. The smallest absolute Gasteiger partial charge is 0.220 e. The molecule has 1 aromatic rings. The summed E-state index contributed by atoms with van der Waals surface area (Å²) in [6.45, 7) is 17.9. The molecular weight excluding hydrogens is 272 g/mol. The molecule has 0 unspecified atom stereocenters. The van der Waals surface area contributed by atoms with E-state index in [0.717, 1.165) is 38.2 Å². The molecule has 1 fully saturated rings. The second kappa shape index (κ2) is 6.71. The van der Waals surface area contributed by atoms with E-state index in [0.29, 0.717) is 6.54 Å². The van der Waals surface area contributed by atoms with Crippen molar-refractivity contribution in [1.29, 1.82) is 0 Å². The lowest BCUT2D eigenvalue weighted by Gasteiger charge is -2.46. The Morgan fingerprint density at radius 1 is 1.27 bits per heavy atom. The fraction of sp³-hybridized carbons (Fsp3) is 0.632. The van der Waals surface area contributed by atoms with Crippen LogP contribution >= 0.6 is 0 Å². The molecule has 0 spiro atoms. The van der Waals surface area contributed by atoms with Crippen LogP contribution in [0.3, 0.4) is 0 Å². The highest BCUT2D eigenvalue weighted by Crippen LogP contribution is 2.47. The second-order valence-electron chi connectivity index (χ2n) is 7.47. The topological polar surface area (TPSA) is 16.8 Å². The summed E-state index contributed by atoms with van der Waals surface area (Å²) >= 11 is 0. The van der Waals surface area contributed by atoms with Gasteiger partial charge >= 0.3 is 0 Å². The predicted octanol–water partition coefficient (Wildman–Crippen LogP) is 4.24. The molecule has 0 saturated carbocycles. The number of ether oxygens (including phenoxy) is 1. The lowest BCUT2D eigenvalue weighted by Crippen LogP contribution is -2.47. The van der Waals surface area contributed by atoms with Crippen LogP contribution in [0.5, 0.6) is 5.75 Å². The molecule has 0 aliphatic carbocycles. The number of rotatable bonds is 4. The van der Waals surface area contributed by atoms with Crippen LogP contribution in [0.4, 0.5) is 0 Å². The molecule has 3 heteroatoms. The van der Waals surface area contributed by atoms with Crippen LogP contribution in [0.15, 0.2) is 24.3 Å². The fourth-order valence-corrected chi connectivity index (χ4v) is 3.46. The van der Waals surface area contributed by atoms with Gasteiger partial charge in [0.2, 0.25) is 6.54 Å². The highest BCUT2D eigenvalue weighted by molar-refractivity contribution is 5.28. The number of piperidine rings is 1. The maximum atomic E-state index is 7.32. The van der Waals surface area contributed by atoms with Gasteiger partial charge < -0.3 is 9.58 Å². The maximum Gasteiger partial charge on any atom is 0.220 e. The molecule has 0 atom stereocenters. The third-order valence-electron chi connectivity index (χ3n) is 5.33. The first-order chi connectivity index (χ1) is 10.4. The van der Waals surface area contributed by atoms with E-state index in [2.05, 4.69) is 48.7 Å². The molecule has 1 saturated heterocycles. The van der Waals surface area contributed by atoms with Gasteiger partial charge in [0.1, 0.15) is 5.75 Å². The van der Waals surface area contributed by atoms with Gasteiger partial charge in [-0.2, -0.15) is 0 Å². The van der Waals surface area contributed by atoms with Crippen molar-refractivity contribution in [1.82, 2.24) is 4.90 Å². The normalized spacial score (nSPS) is 18.7. The molecule has 0 radical (unpaired) electrons. The molecular formula is C19H28N2O. The van der Waals surface area contributed by atoms with Gasteiger partial charge in [-0.25, -0.2) is 6.57 Å². The first kappa shape index (κ1) is 16.8. The van der Waals surface area contributed by atoms with Crippen LogP contribution in [0.1, 0.15) is 39.2 Å². The minimum Gasteiger partial charge on any atom is -0.497 e. The van der Waals surface area contributed by atoms with E-state index in [9.17, 15) is 0 Å². The average Bonchev–Trinajstić information content (AvgIpc) is 2.49. The molecule has 2 rings (SSSR count). The molecule has 0 aromatic heterocycles. The summed E-state index contributed by atoms with van der Waals surface area (Å²) in [6.07, 6.45) is 2.23. The summed E-state index contributed by atoms with van der Waals surface area (Å²) in [5.41, 5.74) is 1.66. The Balaban J connectivity index is 2.00. The van der Waals surface area contributed by atoms with Gasteiger partial charge in [-0.05, 0) is 49.0 Å². The van der Waals surface area contributed by atoms with E-state index in [4.69, 9.17) is 11.3 Å². The van der Waals surface area contributed by atoms with E-state index in [1.807, 2.05) is 6.07 Å². The van der Waals surface area contributed by atoms with E-state index in [1.165, 1.54) is 5.56 Å². The van der Waals surface area contributed by atoms with Gasteiger partial charge in [-0.1, -0.05) is 32.9 Å². The Bertz CT molecular complexity index is 531. The fourth-order valence-electron chi connectivity index (χ4n) is 3.46. The number of likely N-dealkylation sites (tertiary alicyclic amines) is 1. The summed E-state index contributed by atoms with van der Waals surface area (Å²) in [6, 6.07) is 8.31. The zero-order valence-electron chi connectivity index (χ0n) is 14.4. The van der Waals surface area contributed by atoms with Crippen molar-refractivity contribution in [2.45, 2.75) is 40.2 Å². The highest BCUT2D eigenvalue weighted by Gasteiger charge is 2.46. The molecule has 120 valence electrons. The summed E-state index contributed by atoms with van der Waals surface area (Å²) in [5.74, 6) is 0.923. The van der Waals surface area contributed by atoms with Crippen LogP contribution in [-0.2, 0) is 6.54 Å². The highest BCUT2D eigenvalue weighted by atomic mass is 16.5.